The van der Waals surface area contributed by atoms with Crippen LogP contribution < -0.4 is 5.32 Å². The molecule has 0 unspecified atom stereocenters. The molecule has 8 heteroatoms. The third-order valence-electron chi connectivity index (χ3n) is 4.52. The molecule has 0 radical (unpaired) electrons. The standard InChI is InChI=1S/C22H23FN2O4S/c1-17-7-9-21(10-8-17)30(27,28)25(15-20-6-3-13-29-20)16-22(26)24-12-11-18-4-2-5-19(23)14-18/h2-10,13-14H,11-12,15-16H2,1H3,(H,24,26). The Morgan fingerprint density at radius 1 is 1.10 bits per heavy atom. The van der Waals surface area contributed by atoms with Crippen LogP contribution in [-0.4, -0.2) is 31.7 Å². The number of amides is 1. The minimum Gasteiger partial charge on any atom is -0.468 e. The number of carbonyl (C=O) groups is 1. The van der Waals surface area contributed by atoms with E-state index in [-0.39, 0.29) is 30.3 Å². The zero-order valence-electron chi connectivity index (χ0n) is 16.5. The predicted molar refractivity (Wildman–Crippen MR) is 111 cm³/mol. The maximum absolute atomic E-state index is 13.3. The monoisotopic (exact) mass is 430 g/mol. The summed E-state index contributed by atoms with van der Waals surface area (Å²) in [7, 11) is -3.91. The van der Waals surface area contributed by atoms with Crippen LogP contribution in [0.25, 0.3) is 0 Å². The highest BCUT2D eigenvalue weighted by molar-refractivity contribution is 7.89. The number of halogens is 1. The van der Waals surface area contributed by atoms with Crippen LogP contribution in [0, 0.1) is 12.7 Å². The third-order valence-corrected chi connectivity index (χ3v) is 6.32. The second-order valence-corrected chi connectivity index (χ2v) is 8.83. The molecule has 1 aromatic heterocycles. The van der Waals surface area contributed by atoms with Crippen LogP contribution in [0.3, 0.4) is 0 Å². The van der Waals surface area contributed by atoms with E-state index >= 15 is 0 Å². The summed E-state index contributed by atoms with van der Waals surface area (Å²) in [5.41, 5.74) is 1.68. The number of hydrogen-bond acceptors (Lipinski definition) is 4. The van der Waals surface area contributed by atoms with E-state index in [1.165, 1.54) is 30.5 Å². The zero-order valence-corrected chi connectivity index (χ0v) is 17.4. The smallest absolute Gasteiger partial charge is 0.243 e. The average Bonchev–Trinajstić information content (AvgIpc) is 3.21. The summed E-state index contributed by atoms with van der Waals surface area (Å²) < 4.78 is 45.8. The summed E-state index contributed by atoms with van der Waals surface area (Å²) in [5.74, 6) is -0.362. The van der Waals surface area contributed by atoms with Gasteiger partial charge in [-0.3, -0.25) is 4.79 Å². The van der Waals surface area contributed by atoms with Gasteiger partial charge in [0.15, 0.2) is 0 Å². The second-order valence-electron chi connectivity index (χ2n) is 6.90. The average molecular weight is 431 g/mol. The van der Waals surface area contributed by atoms with Crippen LogP contribution in [0.1, 0.15) is 16.9 Å². The van der Waals surface area contributed by atoms with Gasteiger partial charge in [0.1, 0.15) is 11.6 Å². The molecule has 0 spiro atoms. The molecule has 2 aromatic carbocycles. The molecule has 0 fully saturated rings. The summed E-state index contributed by atoms with van der Waals surface area (Å²) >= 11 is 0. The van der Waals surface area contributed by atoms with Gasteiger partial charge in [-0.05, 0) is 55.3 Å². The highest BCUT2D eigenvalue weighted by Crippen LogP contribution is 2.19. The molecule has 0 saturated heterocycles. The molecule has 3 aromatic rings. The van der Waals surface area contributed by atoms with E-state index in [4.69, 9.17) is 4.42 Å². The van der Waals surface area contributed by atoms with Gasteiger partial charge in [0.05, 0.1) is 24.2 Å². The molecular weight excluding hydrogens is 407 g/mol. The first-order chi connectivity index (χ1) is 14.3. The minimum atomic E-state index is -3.91. The summed E-state index contributed by atoms with van der Waals surface area (Å²) in [6.45, 7) is 1.70. The maximum atomic E-state index is 13.3. The lowest BCUT2D eigenvalue weighted by molar-refractivity contribution is -0.121. The fourth-order valence-electron chi connectivity index (χ4n) is 2.92. The van der Waals surface area contributed by atoms with Gasteiger partial charge in [-0.1, -0.05) is 29.8 Å². The lowest BCUT2D eigenvalue weighted by Gasteiger charge is -2.21. The van der Waals surface area contributed by atoms with E-state index in [1.54, 1.807) is 36.4 Å². The molecule has 1 amide bonds. The van der Waals surface area contributed by atoms with Crippen molar-refractivity contribution in [3.05, 3.63) is 89.6 Å². The van der Waals surface area contributed by atoms with Gasteiger partial charge in [-0.25, -0.2) is 12.8 Å². The van der Waals surface area contributed by atoms with Crippen molar-refractivity contribution in [3.8, 4) is 0 Å². The highest BCUT2D eigenvalue weighted by atomic mass is 32.2. The fraction of sp³-hybridized carbons (Fsp3) is 0.227. The number of nitrogens with zero attached hydrogens (tertiary/aromatic N) is 1. The van der Waals surface area contributed by atoms with Crippen LogP contribution in [-0.2, 0) is 27.8 Å². The number of furan rings is 1. The number of hydrogen-bond donors (Lipinski definition) is 1. The molecule has 0 aliphatic heterocycles. The first-order valence-electron chi connectivity index (χ1n) is 9.45. The number of nitrogens with one attached hydrogen (secondary N) is 1. The molecule has 158 valence electrons. The van der Waals surface area contributed by atoms with E-state index in [9.17, 15) is 17.6 Å². The Labute approximate surface area is 175 Å². The molecule has 0 atom stereocenters. The maximum Gasteiger partial charge on any atom is 0.243 e. The van der Waals surface area contributed by atoms with Crippen molar-refractivity contribution in [1.82, 2.24) is 9.62 Å². The number of benzene rings is 2. The quantitative estimate of drug-likeness (QED) is 0.565. The number of rotatable bonds is 9. The Kier molecular flexibility index (Phi) is 7.02. The topological polar surface area (TPSA) is 79.6 Å². The molecule has 6 nitrogen and oxygen atoms in total. The Balaban J connectivity index is 1.69. The third kappa shape index (κ3) is 5.77. The summed E-state index contributed by atoms with van der Waals surface area (Å²) in [4.78, 5) is 12.6. The van der Waals surface area contributed by atoms with Gasteiger partial charge in [-0.2, -0.15) is 4.31 Å². The summed E-state index contributed by atoms with van der Waals surface area (Å²) in [6, 6.07) is 15.9. The fourth-order valence-corrected chi connectivity index (χ4v) is 4.28. The van der Waals surface area contributed by atoms with Crippen LogP contribution >= 0.6 is 0 Å². The molecule has 0 bridgehead atoms. The van der Waals surface area contributed by atoms with Crippen molar-refractivity contribution < 1.29 is 22.0 Å². The molecule has 0 aliphatic rings. The van der Waals surface area contributed by atoms with Gasteiger partial charge in [0, 0.05) is 6.54 Å². The molecular formula is C22H23FN2O4S. The SMILES string of the molecule is Cc1ccc(S(=O)(=O)N(CC(=O)NCCc2cccc(F)c2)Cc2ccco2)cc1. The highest BCUT2D eigenvalue weighted by Gasteiger charge is 2.27. The second kappa shape index (κ2) is 9.69. The molecule has 3 rings (SSSR count). The first kappa shape index (κ1) is 21.7. The van der Waals surface area contributed by atoms with Gasteiger partial charge >= 0.3 is 0 Å². The minimum absolute atomic E-state index is 0.0689. The van der Waals surface area contributed by atoms with Crippen molar-refractivity contribution in [2.24, 2.45) is 0 Å². The molecule has 0 aliphatic carbocycles. The van der Waals surface area contributed by atoms with Crippen molar-refractivity contribution in [2.45, 2.75) is 24.8 Å². The van der Waals surface area contributed by atoms with E-state index < -0.39 is 15.9 Å². The van der Waals surface area contributed by atoms with Crippen LogP contribution in [0.4, 0.5) is 4.39 Å². The van der Waals surface area contributed by atoms with E-state index in [1.807, 2.05) is 6.92 Å². The van der Waals surface area contributed by atoms with E-state index in [0.29, 0.717) is 12.2 Å². The molecule has 30 heavy (non-hydrogen) atoms. The van der Waals surface area contributed by atoms with Crippen LogP contribution in [0.2, 0.25) is 0 Å². The van der Waals surface area contributed by atoms with Gasteiger partial charge < -0.3 is 9.73 Å². The van der Waals surface area contributed by atoms with Crippen molar-refractivity contribution >= 4 is 15.9 Å². The number of sulfonamides is 1. The number of carbonyl (C=O) groups excluding carboxylic acids is 1. The Morgan fingerprint density at radius 3 is 2.53 bits per heavy atom. The van der Waals surface area contributed by atoms with Crippen molar-refractivity contribution in [2.75, 3.05) is 13.1 Å². The lowest BCUT2D eigenvalue weighted by atomic mass is 10.1. The van der Waals surface area contributed by atoms with Gasteiger partial charge in [-0.15, -0.1) is 0 Å². The molecule has 0 saturated carbocycles. The molecule has 1 N–H and O–H groups in total. The van der Waals surface area contributed by atoms with Crippen molar-refractivity contribution in [1.29, 1.82) is 0 Å². The van der Waals surface area contributed by atoms with E-state index in [0.717, 1.165) is 15.4 Å². The summed E-state index contributed by atoms with van der Waals surface area (Å²) in [6.07, 6.45) is 1.89. The Hall–Kier alpha value is -2.97. The largest absolute Gasteiger partial charge is 0.468 e. The first-order valence-corrected chi connectivity index (χ1v) is 10.9. The van der Waals surface area contributed by atoms with Crippen LogP contribution in [0.15, 0.2) is 76.2 Å². The Morgan fingerprint density at radius 2 is 1.87 bits per heavy atom. The summed E-state index contributed by atoms with van der Waals surface area (Å²) in [5, 5.41) is 2.70. The normalized spacial score (nSPS) is 11.6. The zero-order chi connectivity index (χ0) is 21.6. The lowest BCUT2D eigenvalue weighted by Crippen LogP contribution is -2.40. The van der Waals surface area contributed by atoms with E-state index in [2.05, 4.69) is 5.32 Å². The number of aryl methyl sites for hydroxylation is 1. The Bertz CT molecular complexity index is 1080. The molecule has 1 heterocycles. The van der Waals surface area contributed by atoms with Crippen molar-refractivity contribution in [3.63, 3.8) is 0 Å². The predicted octanol–water partition coefficient (Wildman–Crippen LogP) is 3.28. The van der Waals surface area contributed by atoms with Gasteiger partial charge in [0.2, 0.25) is 15.9 Å². The van der Waals surface area contributed by atoms with Gasteiger partial charge in [0.25, 0.3) is 0 Å². The van der Waals surface area contributed by atoms with Crippen LogP contribution in [0.5, 0.6) is 0 Å².